The lowest BCUT2D eigenvalue weighted by atomic mass is 10.1. The number of piperazine rings is 1. The molecule has 5 heteroatoms. The Kier molecular flexibility index (Phi) is 4.03. The summed E-state index contributed by atoms with van der Waals surface area (Å²) in [5.41, 5.74) is 5.78. The van der Waals surface area contributed by atoms with Crippen LogP contribution in [0.3, 0.4) is 0 Å². The zero-order chi connectivity index (χ0) is 13.8. The zero-order valence-electron chi connectivity index (χ0n) is 10.6. The SMILES string of the molecule is C#CCN1CCN(C(=O)c2ccc(N)c(F)c2)CC1. The second kappa shape index (κ2) is 5.72. The molecule has 100 valence electrons. The third-order valence-electron chi connectivity index (χ3n) is 3.22. The first kappa shape index (κ1) is 13.4. The maximum Gasteiger partial charge on any atom is 0.254 e. The monoisotopic (exact) mass is 261 g/mol. The molecular weight excluding hydrogens is 245 g/mol. The summed E-state index contributed by atoms with van der Waals surface area (Å²) >= 11 is 0. The fraction of sp³-hybridized carbons (Fsp3) is 0.357. The van der Waals surface area contributed by atoms with Crippen molar-refractivity contribution in [2.24, 2.45) is 0 Å². The maximum absolute atomic E-state index is 13.3. The lowest BCUT2D eigenvalue weighted by molar-refractivity contribution is 0.0652. The van der Waals surface area contributed by atoms with E-state index in [1.165, 1.54) is 12.1 Å². The van der Waals surface area contributed by atoms with E-state index in [1.54, 1.807) is 11.0 Å². The van der Waals surface area contributed by atoms with E-state index >= 15 is 0 Å². The lowest BCUT2D eigenvalue weighted by Gasteiger charge is -2.33. The van der Waals surface area contributed by atoms with Crippen molar-refractivity contribution in [2.75, 3.05) is 38.5 Å². The average molecular weight is 261 g/mol. The maximum atomic E-state index is 13.3. The van der Waals surface area contributed by atoms with E-state index in [1.807, 2.05) is 0 Å². The number of nitrogen functional groups attached to an aromatic ring is 1. The lowest BCUT2D eigenvalue weighted by Crippen LogP contribution is -2.48. The summed E-state index contributed by atoms with van der Waals surface area (Å²) in [5.74, 6) is 1.86. The van der Waals surface area contributed by atoms with Crippen LogP contribution < -0.4 is 5.73 Å². The van der Waals surface area contributed by atoms with Crippen molar-refractivity contribution < 1.29 is 9.18 Å². The molecule has 1 aromatic carbocycles. The van der Waals surface area contributed by atoms with Crippen LogP contribution >= 0.6 is 0 Å². The van der Waals surface area contributed by atoms with Crippen LogP contribution in [0.5, 0.6) is 0 Å². The van der Waals surface area contributed by atoms with E-state index in [0.717, 1.165) is 13.1 Å². The number of nitrogens with zero attached hydrogens (tertiary/aromatic N) is 2. The Morgan fingerprint density at radius 2 is 2.05 bits per heavy atom. The summed E-state index contributed by atoms with van der Waals surface area (Å²) in [6.45, 7) is 3.29. The third-order valence-corrected chi connectivity index (χ3v) is 3.22. The van der Waals surface area contributed by atoms with Crippen molar-refractivity contribution in [1.82, 2.24) is 9.80 Å². The van der Waals surface area contributed by atoms with Gasteiger partial charge in [0.25, 0.3) is 5.91 Å². The highest BCUT2D eigenvalue weighted by atomic mass is 19.1. The van der Waals surface area contributed by atoms with Gasteiger partial charge < -0.3 is 10.6 Å². The van der Waals surface area contributed by atoms with Gasteiger partial charge in [-0.15, -0.1) is 6.42 Å². The van der Waals surface area contributed by atoms with Crippen LogP contribution in [0.15, 0.2) is 18.2 Å². The van der Waals surface area contributed by atoms with Crippen LogP contribution in [0.1, 0.15) is 10.4 Å². The van der Waals surface area contributed by atoms with Gasteiger partial charge in [0.05, 0.1) is 12.2 Å². The first-order valence-electron chi connectivity index (χ1n) is 6.12. The molecular formula is C14H16FN3O. The van der Waals surface area contributed by atoms with Gasteiger partial charge in [0.2, 0.25) is 0 Å². The molecule has 1 heterocycles. The number of carbonyl (C=O) groups excluding carboxylic acids is 1. The van der Waals surface area contributed by atoms with Crippen LogP contribution in [0.4, 0.5) is 10.1 Å². The highest BCUT2D eigenvalue weighted by Gasteiger charge is 2.22. The summed E-state index contributed by atoms with van der Waals surface area (Å²) in [6.07, 6.45) is 5.25. The average Bonchev–Trinajstić information content (AvgIpc) is 2.42. The highest BCUT2D eigenvalue weighted by molar-refractivity contribution is 5.94. The molecule has 0 aromatic heterocycles. The normalized spacial score (nSPS) is 16.1. The highest BCUT2D eigenvalue weighted by Crippen LogP contribution is 2.14. The molecule has 2 rings (SSSR count). The molecule has 19 heavy (non-hydrogen) atoms. The number of terminal acetylenes is 1. The minimum absolute atomic E-state index is 0.0513. The van der Waals surface area contributed by atoms with Crippen LogP contribution in [0, 0.1) is 18.2 Å². The molecule has 1 aromatic rings. The third kappa shape index (κ3) is 3.04. The number of benzene rings is 1. The molecule has 2 N–H and O–H groups in total. The van der Waals surface area contributed by atoms with Gasteiger partial charge in [-0.25, -0.2) is 4.39 Å². The van der Waals surface area contributed by atoms with Crippen molar-refractivity contribution in [1.29, 1.82) is 0 Å². The van der Waals surface area contributed by atoms with Crippen molar-refractivity contribution in [3.05, 3.63) is 29.6 Å². The van der Waals surface area contributed by atoms with Gasteiger partial charge in [0.1, 0.15) is 5.82 Å². The van der Waals surface area contributed by atoms with E-state index in [2.05, 4.69) is 10.8 Å². The zero-order valence-corrected chi connectivity index (χ0v) is 10.6. The first-order valence-corrected chi connectivity index (χ1v) is 6.12. The fourth-order valence-electron chi connectivity index (χ4n) is 2.08. The Hall–Kier alpha value is -2.06. The van der Waals surface area contributed by atoms with Crippen molar-refractivity contribution in [2.45, 2.75) is 0 Å². The molecule has 1 saturated heterocycles. The number of hydrogen-bond donors (Lipinski definition) is 1. The van der Waals surface area contributed by atoms with Crippen LogP contribution in [-0.2, 0) is 0 Å². The Morgan fingerprint density at radius 1 is 1.37 bits per heavy atom. The van der Waals surface area contributed by atoms with Gasteiger partial charge in [0.15, 0.2) is 0 Å². The number of amides is 1. The van der Waals surface area contributed by atoms with Crippen LogP contribution in [0.2, 0.25) is 0 Å². The Morgan fingerprint density at radius 3 is 2.63 bits per heavy atom. The van der Waals surface area contributed by atoms with E-state index in [-0.39, 0.29) is 11.6 Å². The van der Waals surface area contributed by atoms with E-state index in [9.17, 15) is 9.18 Å². The van der Waals surface area contributed by atoms with Crippen molar-refractivity contribution >= 4 is 11.6 Å². The minimum Gasteiger partial charge on any atom is -0.396 e. The fourth-order valence-corrected chi connectivity index (χ4v) is 2.08. The van der Waals surface area contributed by atoms with Gasteiger partial charge in [-0.05, 0) is 18.2 Å². The summed E-state index contributed by atoms with van der Waals surface area (Å²) in [5, 5.41) is 0. The molecule has 0 saturated carbocycles. The molecule has 0 aliphatic carbocycles. The van der Waals surface area contributed by atoms with Gasteiger partial charge in [-0.1, -0.05) is 5.92 Å². The topological polar surface area (TPSA) is 49.6 Å². The summed E-state index contributed by atoms with van der Waals surface area (Å²) in [4.78, 5) is 16.0. The summed E-state index contributed by atoms with van der Waals surface area (Å²) < 4.78 is 13.3. The molecule has 4 nitrogen and oxygen atoms in total. The second-order valence-corrected chi connectivity index (χ2v) is 4.51. The van der Waals surface area contributed by atoms with Crippen molar-refractivity contribution in [3.8, 4) is 12.3 Å². The molecule has 1 amide bonds. The first-order chi connectivity index (χ1) is 9.11. The number of halogens is 1. The smallest absolute Gasteiger partial charge is 0.254 e. The van der Waals surface area contributed by atoms with Crippen molar-refractivity contribution in [3.63, 3.8) is 0 Å². The number of rotatable bonds is 2. The summed E-state index contributed by atoms with van der Waals surface area (Å²) in [7, 11) is 0. The molecule has 1 aliphatic rings. The number of nitrogens with two attached hydrogens (primary N) is 1. The molecule has 0 atom stereocenters. The second-order valence-electron chi connectivity index (χ2n) is 4.51. The molecule has 1 aliphatic heterocycles. The predicted octanol–water partition coefficient (Wildman–Crippen LogP) is 0.799. The Labute approximate surface area is 112 Å². The number of hydrogen-bond acceptors (Lipinski definition) is 3. The Bertz CT molecular complexity index is 516. The quantitative estimate of drug-likeness (QED) is 0.633. The van der Waals surface area contributed by atoms with E-state index < -0.39 is 5.82 Å². The predicted molar refractivity (Wildman–Crippen MR) is 72.0 cm³/mol. The molecule has 0 bridgehead atoms. The molecule has 0 radical (unpaired) electrons. The van der Waals surface area contributed by atoms with E-state index in [0.29, 0.717) is 25.2 Å². The molecule has 0 unspecified atom stereocenters. The van der Waals surface area contributed by atoms with Gasteiger partial charge >= 0.3 is 0 Å². The number of anilines is 1. The van der Waals surface area contributed by atoms with Gasteiger partial charge in [0, 0.05) is 31.7 Å². The molecule has 0 spiro atoms. The minimum atomic E-state index is -0.559. The number of carbonyl (C=O) groups is 1. The van der Waals surface area contributed by atoms with Gasteiger partial charge in [-0.2, -0.15) is 0 Å². The van der Waals surface area contributed by atoms with Crippen LogP contribution in [-0.4, -0.2) is 48.4 Å². The Balaban J connectivity index is 2.01. The summed E-state index contributed by atoms with van der Waals surface area (Å²) in [6, 6.07) is 4.15. The largest absolute Gasteiger partial charge is 0.396 e. The van der Waals surface area contributed by atoms with Gasteiger partial charge in [-0.3, -0.25) is 9.69 Å². The van der Waals surface area contributed by atoms with Crippen LogP contribution in [0.25, 0.3) is 0 Å². The molecule has 1 fully saturated rings. The standard InChI is InChI=1S/C14H16FN3O/c1-2-5-17-6-8-18(9-7-17)14(19)11-3-4-13(16)12(15)10-11/h1,3-4,10H,5-9,16H2. The van der Waals surface area contributed by atoms with E-state index in [4.69, 9.17) is 12.2 Å².